The summed E-state index contributed by atoms with van der Waals surface area (Å²) in [6.45, 7) is 0. The Morgan fingerprint density at radius 2 is 0.444 bits per heavy atom. The van der Waals surface area contributed by atoms with Crippen LogP contribution in [0.15, 0.2) is 0 Å². The van der Waals surface area contributed by atoms with E-state index in [0.717, 1.165) is 0 Å². The Bertz CT molecular complexity index is 20.5. The van der Waals surface area contributed by atoms with Crippen molar-refractivity contribution >= 4 is 36.5 Å². The SMILES string of the molecule is O=[PH2+].O=[PH2+].O=[PH2+].O=[PH2+].[Pd]. The zero-order valence-corrected chi connectivity index (χ0v) is 10.4. The van der Waals surface area contributed by atoms with Gasteiger partial charge in [-0.05, 0) is 0 Å². The molecular weight excluding hydrogens is 294 g/mol. The minimum atomic E-state index is 0. The van der Waals surface area contributed by atoms with Gasteiger partial charge in [0, 0.05) is 20.4 Å². The van der Waals surface area contributed by atoms with Gasteiger partial charge in [-0.25, -0.2) is 0 Å². The minimum Gasteiger partial charge on any atom is -0.0801 e. The van der Waals surface area contributed by atoms with Crippen molar-refractivity contribution in [1.82, 2.24) is 0 Å². The first kappa shape index (κ1) is 32.2. The molecular formula is H8O4P4Pd+4. The summed E-state index contributed by atoms with van der Waals surface area (Å²) < 4.78 is 32.7. The molecule has 9 heteroatoms. The molecule has 0 rings (SSSR count). The molecule has 0 saturated carbocycles. The smallest absolute Gasteiger partial charge is 0.0801 e. The third-order valence-electron chi connectivity index (χ3n) is 0. The Morgan fingerprint density at radius 1 is 0.444 bits per heavy atom. The Morgan fingerprint density at radius 3 is 0.444 bits per heavy atom. The maximum absolute atomic E-state index is 8.17. The van der Waals surface area contributed by atoms with Gasteiger partial charge in [-0.1, -0.05) is 18.3 Å². The second-order valence-electron chi connectivity index (χ2n) is 0. The standard InChI is InChI=1S/4H2OP.Pd/c4*1-2;/h4*2H2;/q4*+1;. The first-order chi connectivity index (χ1) is 4.00. The molecule has 4 atom stereocenters. The van der Waals surface area contributed by atoms with Crippen LogP contribution in [0.5, 0.6) is 0 Å². The minimum absolute atomic E-state index is 0. The van der Waals surface area contributed by atoms with Gasteiger partial charge < -0.3 is 0 Å². The van der Waals surface area contributed by atoms with Crippen LogP contribution in [0.3, 0.4) is 0 Å². The van der Waals surface area contributed by atoms with E-state index in [1.165, 1.54) is 36.5 Å². The van der Waals surface area contributed by atoms with E-state index < -0.39 is 0 Å². The van der Waals surface area contributed by atoms with Gasteiger partial charge >= 0.3 is 36.5 Å². The fourth-order valence-electron chi connectivity index (χ4n) is 0. The summed E-state index contributed by atoms with van der Waals surface area (Å²) in [7, 11) is 4.67. The summed E-state index contributed by atoms with van der Waals surface area (Å²) in [6.07, 6.45) is 0. The summed E-state index contributed by atoms with van der Waals surface area (Å²) in [5.74, 6) is 0. The molecule has 0 aliphatic carbocycles. The van der Waals surface area contributed by atoms with Crippen molar-refractivity contribution in [3.63, 3.8) is 0 Å². The van der Waals surface area contributed by atoms with Crippen LogP contribution in [-0.4, -0.2) is 0 Å². The molecule has 4 nitrogen and oxygen atoms in total. The molecule has 0 aliphatic rings. The molecule has 0 aromatic carbocycles. The molecule has 0 bridgehead atoms. The van der Waals surface area contributed by atoms with Crippen molar-refractivity contribution in [2.45, 2.75) is 0 Å². The van der Waals surface area contributed by atoms with E-state index in [0.29, 0.717) is 0 Å². The third kappa shape index (κ3) is 401. The van der Waals surface area contributed by atoms with E-state index in [-0.39, 0.29) is 20.4 Å². The van der Waals surface area contributed by atoms with Gasteiger partial charge in [0.15, 0.2) is 0 Å². The van der Waals surface area contributed by atoms with Gasteiger partial charge in [0.2, 0.25) is 0 Å². The van der Waals surface area contributed by atoms with Gasteiger partial charge in [0.1, 0.15) is 0 Å². The quantitative estimate of drug-likeness (QED) is 0.491. The zero-order valence-electron chi connectivity index (χ0n) is 4.26. The van der Waals surface area contributed by atoms with Crippen LogP contribution in [-0.2, 0) is 38.7 Å². The average Bonchev–Trinajstić information content (AvgIpc) is 2.03. The molecule has 0 radical (unpaired) electrons. The first-order valence-electron chi connectivity index (χ1n) is 0.943. The van der Waals surface area contributed by atoms with Crippen molar-refractivity contribution in [3.05, 3.63) is 0 Å². The van der Waals surface area contributed by atoms with E-state index >= 15 is 0 Å². The monoisotopic (exact) mass is 302 g/mol. The van der Waals surface area contributed by atoms with Crippen molar-refractivity contribution in [2.75, 3.05) is 0 Å². The van der Waals surface area contributed by atoms with Crippen LogP contribution in [0.4, 0.5) is 0 Å². The molecule has 0 saturated heterocycles. The molecule has 0 aliphatic heterocycles. The van der Waals surface area contributed by atoms with Crippen LogP contribution in [0.25, 0.3) is 0 Å². The number of rotatable bonds is 0. The van der Waals surface area contributed by atoms with Crippen molar-refractivity contribution in [3.8, 4) is 0 Å². The van der Waals surface area contributed by atoms with Crippen LogP contribution in [0, 0.1) is 0 Å². The largest absolute Gasteiger partial charge is 0.310 e. The summed E-state index contributed by atoms with van der Waals surface area (Å²) in [5.41, 5.74) is 0. The Balaban J connectivity index is -0.00000000762. The third-order valence-corrected chi connectivity index (χ3v) is 0. The van der Waals surface area contributed by atoms with Gasteiger partial charge in [-0.15, -0.1) is 0 Å². The van der Waals surface area contributed by atoms with Crippen molar-refractivity contribution < 1.29 is 38.7 Å². The van der Waals surface area contributed by atoms with E-state index in [1.54, 1.807) is 0 Å². The summed E-state index contributed by atoms with van der Waals surface area (Å²) in [6, 6.07) is 0. The van der Waals surface area contributed by atoms with Crippen LogP contribution >= 0.6 is 36.5 Å². The number of hydrogen-bond acceptors (Lipinski definition) is 4. The molecule has 0 aromatic rings. The van der Waals surface area contributed by atoms with E-state index in [9.17, 15) is 0 Å². The molecule has 0 aromatic heterocycles. The van der Waals surface area contributed by atoms with Crippen molar-refractivity contribution in [2.24, 2.45) is 0 Å². The molecule has 0 spiro atoms. The zero-order chi connectivity index (χ0) is 8.00. The second kappa shape index (κ2) is 522. The van der Waals surface area contributed by atoms with Crippen LogP contribution in [0.2, 0.25) is 0 Å². The van der Waals surface area contributed by atoms with E-state index in [2.05, 4.69) is 0 Å². The van der Waals surface area contributed by atoms with Crippen molar-refractivity contribution in [1.29, 1.82) is 0 Å². The normalized spacial score (nSPS) is 1.78. The van der Waals surface area contributed by atoms with Gasteiger partial charge in [0.25, 0.3) is 0 Å². The molecule has 58 valence electrons. The summed E-state index contributed by atoms with van der Waals surface area (Å²) >= 11 is 0. The Labute approximate surface area is 75.3 Å². The maximum atomic E-state index is 8.17. The molecule has 4 unspecified atom stereocenters. The van der Waals surface area contributed by atoms with Gasteiger partial charge in [0.05, 0.1) is 0 Å². The molecule has 0 fully saturated rings. The molecule has 0 N–H and O–H groups in total. The molecule has 0 amide bonds. The summed E-state index contributed by atoms with van der Waals surface area (Å²) in [5, 5.41) is 0. The maximum Gasteiger partial charge on any atom is 0.310 e. The predicted octanol–water partition coefficient (Wildman–Crippen LogP) is 0.825. The number of hydrogen-bond donors (Lipinski definition) is 0. The topological polar surface area (TPSA) is 68.3 Å². The molecule has 0 heterocycles. The van der Waals surface area contributed by atoms with Gasteiger partial charge in [-0.3, -0.25) is 0 Å². The van der Waals surface area contributed by atoms with Gasteiger partial charge in [-0.2, -0.15) is 0 Å². The fourth-order valence-corrected chi connectivity index (χ4v) is 0. The molecule has 9 heavy (non-hydrogen) atoms. The fraction of sp³-hybridized carbons (Fsp3) is 0. The predicted molar refractivity (Wildman–Crippen MR) is 41.6 cm³/mol. The Hall–Kier alpha value is 1.06. The van der Waals surface area contributed by atoms with E-state index in [4.69, 9.17) is 18.3 Å². The Kier molecular flexibility index (Phi) is 1870. The first-order valence-corrected chi connectivity index (χ1v) is 2.83. The van der Waals surface area contributed by atoms with E-state index in [1.807, 2.05) is 0 Å². The summed E-state index contributed by atoms with van der Waals surface area (Å²) in [4.78, 5) is 0. The second-order valence-corrected chi connectivity index (χ2v) is 0. The van der Waals surface area contributed by atoms with Crippen LogP contribution < -0.4 is 0 Å². The van der Waals surface area contributed by atoms with Crippen LogP contribution in [0.1, 0.15) is 0 Å². The average molecular weight is 302 g/mol.